The molecule has 0 saturated heterocycles. The number of likely N-dealkylation sites (N-methyl/N-ethyl adjacent to an activating group) is 1. The van der Waals surface area contributed by atoms with E-state index >= 15 is 0 Å². The second-order valence-corrected chi connectivity index (χ2v) is 4.68. The third kappa shape index (κ3) is 2.79. The summed E-state index contributed by atoms with van der Waals surface area (Å²) < 4.78 is 5.13. The maximum absolute atomic E-state index is 12.5. The molecule has 0 saturated carbocycles. The van der Waals surface area contributed by atoms with E-state index in [1.807, 2.05) is 49.2 Å². The van der Waals surface area contributed by atoms with Crippen LogP contribution in [-0.2, 0) is 4.74 Å². The monoisotopic (exact) mass is 260 g/mol. The van der Waals surface area contributed by atoms with E-state index in [4.69, 9.17) is 4.74 Å². The van der Waals surface area contributed by atoms with Crippen LogP contribution in [0.3, 0.4) is 0 Å². The number of aromatic amines is 1. The minimum absolute atomic E-state index is 0.0511. The zero-order valence-corrected chi connectivity index (χ0v) is 11.6. The van der Waals surface area contributed by atoms with Gasteiger partial charge in [0.1, 0.15) is 0 Å². The van der Waals surface area contributed by atoms with Crippen molar-refractivity contribution in [2.24, 2.45) is 0 Å². The Hall–Kier alpha value is -1.81. The van der Waals surface area contributed by atoms with Crippen LogP contribution < -0.4 is 0 Å². The molecule has 1 heterocycles. The molecule has 1 aromatic heterocycles. The van der Waals surface area contributed by atoms with Crippen molar-refractivity contribution in [2.75, 3.05) is 20.3 Å². The fourth-order valence-electron chi connectivity index (χ4n) is 2.34. The number of nitrogens with zero attached hydrogens (tertiary/aromatic N) is 1. The van der Waals surface area contributed by atoms with Gasteiger partial charge in [-0.1, -0.05) is 0 Å². The van der Waals surface area contributed by atoms with Gasteiger partial charge in [-0.25, -0.2) is 0 Å². The molecule has 4 nitrogen and oxygen atoms in total. The minimum Gasteiger partial charge on any atom is -0.383 e. The third-order valence-corrected chi connectivity index (χ3v) is 3.34. The van der Waals surface area contributed by atoms with Crippen molar-refractivity contribution in [3.63, 3.8) is 0 Å². The summed E-state index contributed by atoms with van der Waals surface area (Å²) in [4.78, 5) is 17.5. The number of ether oxygens (including phenoxy) is 1. The molecule has 1 unspecified atom stereocenters. The fourth-order valence-corrected chi connectivity index (χ4v) is 2.34. The predicted octanol–water partition coefficient (Wildman–Crippen LogP) is 2.66. The number of fused-ring (bicyclic) bond motifs is 1. The Kier molecular flexibility index (Phi) is 4.22. The van der Waals surface area contributed by atoms with Gasteiger partial charge >= 0.3 is 0 Å². The molecule has 0 fully saturated rings. The SMILES string of the molecule is CCN(C(=O)c1ccc2[nH]ccc2c1)C(C)COC. The average Bonchev–Trinajstić information content (AvgIpc) is 2.86. The van der Waals surface area contributed by atoms with Crippen molar-refractivity contribution < 1.29 is 9.53 Å². The highest BCUT2D eigenvalue weighted by molar-refractivity contribution is 5.98. The number of H-pyrrole nitrogens is 1. The van der Waals surface area contributed by atoms with Gasteiger partial charge in [0.05, 0.1) is 12.6 Å². The van der Waals surface area contributed by atoms with Crippen LogP contribution in [0.15, 0.2) is 30.5 Å². The van der Waals surface area contributed by atoms with Gasteiger partial charge in [0.15, 0.2) is 0 Å². The van der Waals surface area contributed by atoms with Crippen molar-refractivity contribution >= 4 is 16.8 Å². The smallest absolute Gasteiger partial charge is 0.254 e. The van der Waals surface area contributed by atoms with E-state index in [2.05, 4.69) is 4.98 Å². The second kappa shape index (κ2) is 5.89. The van der Waals surface area contributed by atoms with Gasteiger partial charge in [0.25, 0.3) is 5.91 Å². The largest absolute Gasteiger partial charge is 0.383 e. The normalized spacial score (nSPS) is 12.6. The van der Waals surface area contributed by atoms with Crippen LogP contribution >= 0.6 is 0 Å². The molecule has 0 spiro atoms. The molecule has 4 heteroatoms. The number of nitrogens with one attached hydrogen (secondary N) is 1. The van der Waals surface area contributed by atoms with Crippen LogP contribution in [0.25, 0.3) is 10.9 Å². The van der Waals surface area contributed by atoms with E-state index in [0.717, 1.165) is 16.5 Å². The highest BCUT2D eigenvalue weighted by atomic mass is 16.5. The molecule has 102 valence electrons. The van der Waals surface area contributed by atoms with E-state index in [1.165, 1.54) is 0 Å². The van der Waals surface area contributed by atoms with Crippen molar-refractivity contribution in [3.8, 4) is 0 Å². The lowest BCUT2D eigenvalue weighted by Crippen LogP contribution is -2.40. The number of benzene rings is 1. The summed E-state index contributed by atoms with van der Waals surface area (Å²) in [5.41, 5.74) is 1.77. The number of carbonyl (C=O) groups is 1. The summed E-state index contributed by atoms with van der Waals surface area (Å²) in [5, 5.41) is 1.06. The Labute approximate surface area is 113 Å². The van der Waals surface area contributed by atoms with Gasteiger partial charge in [-0.05, 0) is 38.1 Å². The molecule has 1 amide bonds. The van der Waals surface area contributed by atoms with Crippen LogP contribution in [-0.4, -0.2) is 42.1 Å². The molecular weight excluding hydrogens is 240 g/mol. The summed E-state index contributed by atoms with van der Waals surface area (Å²) in [6, 6.07) is 7.78. The van der Waals surface area contributed by atoms with Gasteiger partial charge in [-0.2, -0.15) is 0 Å². The van der Waals surface area contributed by atoms with Crippen LogP contribution in [0.5, 0.6) is 0 Å². The Morgan fingerprint density at radius 1 is 1.42 bits per heavy atom. The number of carbonyl (C=O) groups excluding carboxylic acids is 1. The number of amides is 1. The first-order valence-electron chi connectivity index (χ1n) is 6.54. The number of rotatable bonds is 5. The summed E-state index contributed by atoms with van der Waals surface area (Å²) in [6.07, 6.45) is 1.88. The lowest BCUT2D eigenvalue weighted by Gasteiger charge is -2.27. The van der Waals surface area contributed by atoms with Crippen LogP contribution in [0.1, 0.15) is 24.2 Å². The summed E-state index contributed by atoms with van der Waals surface area (Å²) in [7, 11) is 1.65. The topological polar surface area (TPSA) is 45.3 Å². The van der Waals surface area contributed by atoms with E-state index < -0.39 is 0 Å². The molecule has 1 aromatic carbocycles. The van der Waals surface area contributed by atoms with E-state index in [1.54, 1.807) is 7.11 Å². The molecule has 1 N–H and O–H groups in total. The lowest BCUT2D eigenvalue weighted by molar-refractivity contribution is 0.0579. The van der Waals surface area contributed by atoms with Crippen molar-refractivity contribution in [3.05, 3.63) is 36.0 Å². The summed E-state index contributed by atoms with van der Waals surface area (Å²) in [5.74, 6) is 0.0511. The predicted molar refractivity (Wildman–Crippen MR) is 76.3 cm³/mol. The highest BCUT2D eigenvalue weighted by Gasteiger charge is 2.20. The van der Waals surface area contributed by atoms with E-state index in [0.29, 0.717) is 13.2 Å². The molecule has 0 aliphatic carbocycles. The molecule has 0 aliphatic rings. The lowest BCUT2D eigenvalue weighted by atomic mass is 10.1. The summed E-state index contributed by atoms with van der Waals surface area (Å²) >= 11 is 0. The number of hydrogen-bond donors (Lipinski definition) is 1. The fraction of sp³-hybridized carbons (Fsp3) is 0.400. The maximum Gasteiger partial charge on any atom is 0.254 e. The Morgan fingerprint density at radius 3 is 2.89 bits per heavy atom. The third-order valence-electron chi connectivity index (χ3n) is 3.34. The molecule has 19 heavy (non-hydrogen) atoms. The number of aromatic nitrogens is 1. The maximum atomic E-state index is 12.5. The van der Waals surface area contributed by atoms with Crippen LogP contribution in [0, 0.1) is 0 Å². The minimum atomic E-state index is 0.0511. The Bertz CT molecular complexity index is 562. The van der Waals surface area contributed by atoms with Crippen molar-refractivity contribution in [1.29, 1.82) is 0 Å². The van der Waals surface area contributed by atoms with Crippen LogP contribution in [0.2, 0.25) is 0 Å². The molecule has 0 aliphatic heterocycles. The second-order valence-electron chi connectivity index (χ2n) is 4.68. The Balaban J connectivity index is 2.25. The molecule has 1 atom stereocenters. The molecule has 2 rings (SSSR count). The van der Waals surface area contributed by atoms with Crippen LogP contribution in [0.4, 0.5) is 0 Å². The molecule has 2 aromatic rings. The quantitative estimate of drug-likeness (QED) is 0.898. The summed E-state index contributed by atoms with van der Waals surface area (Å²) in [6.45, 7) is 5.21. The zero-order valence-electron chi connectivity index (χ0n) is 11.6. The Morgan fingerprint density at radius 2 is 2.21 bits per heavy atom. The van der Waals surface area contributed by atoms with Gasteiger partial charge in [0, 0.05) is 36.3 Å². The molecular formula is C15H20N2O2. The van der Waals surface area contributed by atoms with Gasteiger partial charge in [-0.3, -0.25) is 4.79 Å². The van der Waals surface area contributed by atoms with Gasteiger partial charge < -0.3 is 14.6 Å². The highest BCUT2D eigenvalue weighted by Crippen LogP contribution is 2.16. The van der Waals surface area contributed by atoms with Gasteiger partial charge in [0.2, 0.25) is 0 Å². The average molecular weight is 260 g/mol. The first-order chi connectivity index (χ1) is 9.17. The van der Waals surface area contributed by atoms with E-state index in [9.17, 15) is 4.79 Å². The van der Waals surface area contributed by atoms with Gasteiger partial charge in [-0.15, -0.1) is 0 Å². The van der Waals surface area contributed by atoms with Crippen molar-refractivity contribution in [1.82, 2.24) is 9.88 Å². The molecule has 0 bridgehead atoms. The number of methoxy groups -OCH3 is 1. The van der Waals surface area contributed by atoms with Crippen molar-refractivity contribution in [2.45, 2.75) is 19.9 Å². The first kappa shape index (κ1) is 13.6. The zero-order chi connectivity index (χ0) is 13.8. The molecule has 0 radical (unpaired) electrons. The van der Waals surface area contributed by atoms with E-state index in [-0.39, 0.29) is 11.9 Å². The first-order valence-corrected chi connectivity index (χ1v) is 6.54. The number of hydrogen-bond acceptors (Lipinski definition) is 2. The standard InChI is InChI=1S/C15H20N2O2/c1-4-17(11(2)10-19-3)15(18)13-5-6-14-12(9-13)7-8-16-14/h5-9,11,16H,4,10H2,1-3H3.